The summed E-state index contributed by atoms with van der Waals surface area (Å²) in [6, 6.07) is 3.36. The molecule has 0 aliphatic rings. The first-order valence-electron chi connectivity index (χ1n) is 7.73. The van der Waals surface area contributed by atoms with E-state index >= 15 is 0 Å². The fraction of sp³-hybridized carbons (Fsp3) is 0.444. The number of carbonyl (C=O) groups excluding carboxylic acids is 2. The zero-order valence-corrected chi connectivity index (χ0v) is 15.6. The van der Waals surface area contributed by atoms with E-state index in [9.17, 15) is 9.59 Å². The van der Waals surface area contributed by atoms with Crippen molar-refractivity contribution in [2.24, 2.45) is 0 Å². The molecule has 25 heavy (non-hydrogen) atoms. The van der Waals surface area contributed by atoms with Crippen molar-refractivity contribution in [3.63, 3.8) is 0 Å². The van der Waals surface area contributed by atoms with Gasteiger partial charge in [-0.1, -0.05) is 0 Å². The van der Waals surface area contributed by atoms with Crippen LogP contribution in [0.5, 0.6) is 11.5 Å². The van der Waals surface area contributed by atoms with Crippen molar-refractivity contribution < 1.29 is 28.5 Å². The molecule has 7 heteroatoms. The summed E-state index contributed by atoms with van der Waals surface area (Å²) in [7, 11) is 4.28. The maximum Gasteiger partial charge on any atom is 0.419 e. The van der Waals surface area contributed by atoms with Crippen LogP contribution < -0.4 is 9.47 Å². The number of fused-ring (bicyclic) bond motifs is 1. The summed E-state index contributed by atoms with van der Waals surface area (Å²) in [5, 5.41) is 0.670. The molecule has 0 radical (unpaired) electrons. The second-order valence-electron chi connectivity index (χ2n) is 6.51. The number of ether oxygens (including phenoxy) is 4. The molecule has 2 aromatic rings. The van der Waals surface area contributed by atoms with E-state index in [0.29, 0.717) is 28.0 Å². The van der Waals surface area contributed by atoms with Gasteiger partial charge in [0.05, 0.1) is 26.8 Å². The summed E-state index contributed by atoms with van der Waals surface area (Å²) >= 11 is 0. The molecule has 0 N–H and O–H groups in total. The number of esters is 1. The standard InChI is InChI=1S/C18H23NO6/c1-10-11-8-13(22-5)14(23-6)9-12(11)19(15(10)16(20)24-7)17(21)25-18(2,3)4/h8-9H,1-7H3. The molecule has 1 heterocycles. The number of benzene rings is 1. The number of aryl methyl sites for hydroxylation is 1. The molecule has 0 aliphatic heterocycles. The van der Waals surface area contributed by atoms with E-state index in [0.717, 1.165) is 0 Å². The Balaban J connectivity index is 2.83. The van der Waals surface area contributed by atoms with Crippen molar-refractivity contribution >= 4 is 23.0 Å². The fourth-order valence-corrected chi connectivity index (χ4v) is 2.61. The molecule has 0 atom stereocenters. The number of carbonyl (C=O) groups is 2. The van der Waals surface area contributed by atoms with E-state index in [1.165, 1.54) is 25.9 Å². The van der Waals surface area contributed by atoms with Gasteiger partial charge in [0, 0.05) is 11.5 Å². The van der Waals surface area contributed by atoms with E-state index in [2.05, 4.69) is 0 Å². The summed E-state index contributed by atoms with van der Waals surface area (Å²) < 4.78 is 22.1. The third-order valence-corrected chi connectivity index (χ3v) is 3.68. The van der Waals surface area contributed by atoms with E-state index in [1.807, 2.05) is 0 Å². The summed E-state index contributed by atoms with van der Waals surface area (Å²) in [5.74, 6) is 0.307. The lowest BCUT2D eigenvalue weighted by Crippen LogP contribution is -2.29. The van der Waals surface area contributed by atoms with Gasteiger partial charge in [0.2, 0.25) is 0 Å². The Hall–Kier alpha value is -2.70. The largest absolute Gasteiger partial charge is 0.493 e. The Kier molecular flexibility index (Phi) is 4.97. The average Bonchev–Trinajstić information content (AvgIpc) is 2.83. The zero-order valence-electron chi connectivity index (χ0n) is 15.6. The number of aromatic nitrogens is 1. The minimum Gasteiger partial charge on any atom is -0.493 e. The quantitative estimate of drug-likeness (QED) is 0.789. The first kappa shape index (κ1) is 18.6. The van der Waals surface area contributed by atoms with Crippen molar-refractivity contribution in [3.05, 3.63) is 23.4 Å². The molecule has 0 unspecified atom stereocenters. The Bertz CT molecular complexity index is 828. The molecule has 0 saturated carbocycles. The van der Waals surface area contributed by atoms with Gasteiger partial charge in [-0.2, -0.15) is 0 Å². The maximum atomic E-state index is 12.7. The number of nitrogens with zero attached hydrogens (tertiary/aromatic N) is 1. The lowest BCUT2D eigenvalue weighted by molar-refractivity contribution is 0.0489. The van der Waals surface area contributed by atoms with Crippen LogP contribution in [0.15, 0.2) is 12.1 Å². The molecular formula is C18H23NO6. The third-order valence-electron chi connectivity index (χ3n) is 3.68. The van der Waals surface area contributed by atoms with Crippen LogP contribution in [0.1, 0.15) is 36.8 Å². The topological polar surface area (TPSA) is 76.0 Å². The molecule has 0 saturated heterocycles. The minimum atomic E-state index is -0.717. The van der Waals surface area contributed by atoms with Crippen molar-refractivity contribution in [1.29, 1.82) is 0 Å². The van der Waals surface area contributed by atoms with Crippen molar-refractivity contribution in [1.82, 2.24) is 4.57 Å². The van der Waals surface area contributed by atoms with Gasteiger partial charge in [0.25, 0.3) is 0 Å². The second-order valence-corrected chi connectivity index (χ2v) is 6.51. The van der Waals surface area contributed by atoms with E-state index in [4.69, 9.17) is 18.9 Å². The molecule has 1 aromatic heterocycles. The van der Waals surface area contributed by atoms with Gasteiger partial charge < -0.3 is 18.9 Å². The van der Waals surface area contributed by atoms with Gasteiger partial charge in [-0.15, -0.1) is 0 Å². The zero-order chi connectivity index (χ0) is 18.9. The molecule has 0 aliphatic carbocycles. The van der Waals surface area contributed by atoms with Gasteiger partial charge in [-0.25, -0.2) is 14.2 Å². The average molecular weight is 349 g/mol. The molecule has 0 bridgehead atoms. The number of hydrogen-bond donors (Lipinski definition) is 0. The Morgan fingerprint density at radius 1 is 1.00 bits per heavy atom. The molecule has 2 rings (SSSR count). The Morgan fingerprint density at radius 3 is 2.04 bits per heavy atom. The van der Waals surface area contributed by atoms with Gasteiger partial charge in [0.15, 0.2) is 11.5 Å². The van der Waals surface area contributed by atoms with Crippen LogP contribution in [0.2, 0.25) is 0 Å². The molecule has 0 fully saturated rings. The molecule has 0 spiro atoms. The number of hydrogen-bond acceptors (Lipinski definition) is 6. The number of rotatable bonds is 3. The van der Waals surface area contributed by atoms with Crippen LogP contribution in [-0.4, -0.2) is 43.6 Å². The van der Waals surface area contributed by atoms with Gasteiger partial charge in [-0.05, 0) is 39.3 Å². The first-order chi connectivity index (χ1) is 11.6. The molecule has 1 aromatic carbocycles. The fourth-order valence-electron chi connectivity index (χ4n) is 2.61. The molecule has 136 valence electrons. The van der Waals surface area contributed by atoms with Crippen LogP contribution in [0.4, 0.5) is 4.79 Å². The first-order valence-corrected chi connectivity index (χ1v) is 7.73. The van der Waals surface area contributed by atoms with Gasteiger partial charge in [-0.3, -0.25) is 0 Å². The van der Waals surface area contributed by atoms with Crippen LogP contribution in [0, 0.1) is 6.92 Å². The molecule has 7 nitrogen and oxygen atoms in total. The highest BCUT2D eigenvalue weighted by molar-refractivity contribution is 6.05. The number of methoxy groups -OCH3 is 3. The predicted octanol–water partition coefficient (Wildman–Crippen LogP) is 3.54. The minimum absolute atomic E-state index is 0.113. The maximum absolute atomic E-state index is 12.7. The summed E-state index contributed by atoms with van der Waals surface area (Å²) in [6.45, 7) is 7.00. The van der Waals surface area contributed by atoms with Crippen LogP contribution >= 0.6 is 0 Å². The van der Waals surface area contributed by atoms with Crippen molar-refractivity contribution in [2.45, 2.75) is 33.3 Å². The van der Waals surface area contributed by atoms with E-state index < -0.39 is 17.7 Å². The highest BCUT2D eigenvalue weighted by atomic mass is 16.6. The summed E-state index contributed by atoms with van der Waals surface area (Å²) in [6.07, 6.45) is -0.668. The second kappa shape index (κ2) is 6.66. The molecule has 0 amide bonds. The predicted molar refractivity (Wildman–Crippen MR) is 92.8 cm³/mol. The van der Waals surface area contributed by atoms with Crippen LogP contribution in [-0.2, 0) is 9.47 Å². The van der Waals surface area contributed by atoms with Crippen LogP contribution in [0.3, 0.4) is 0 Å². The lowest BCUT2D eigenvalue weighted by atomic mass is 10.1. The summed E-state index contributed by atoms with van der Waals surface area (Å²) in [5.41, 5.74) is 0.464. The van der Waals surface area contributed by atoms with Crippen molar-refractivity contribution in [2.75, 3.05) is 21.3 Å². The van der Waals surface area contributed by atoms with Crippen LogP contribution in [0.25, 0.3) is 10.9 Å². The Morgan fingerprint density at radius 2 is 1.56 bits per heavy atom. The summed E-state index contributed by atoms with van der Waals surface area (Å²) in [4.78, 5) is 25.0. The van der Waals surface area contributed by atoms with E-state index in [1.54, 1.807) is 39.8 Å². The highest BCUT2D eigenvalue weighted by Crippen LogP contribution is 2.36. The van der Waals surface area contributed by atoms with Gasteiger partial charge >= 0.3 is 12.1 Å². The van der Waals surface area contributed by atoms with Crippen molar-refractivity contribution in [3.8, 4) is 11.5 Å². The van der Waals surface area contributed by atoms with E-state index in [-0.39, 0.29) is 5.69 Å². The highest BCUT2D eigenvalue weighted by Gasteiger charge is 2.29. The normalized spacial score (nSPS) is 11.3. The third kappa shape index (κ3) is 3.40. The SMILES string of the molecule is COC(=O)c1c(C)c2cc(OC)c(OC)cc2n1C(=O)OC(C)(C)C. The molecular weight excluding hydrogens is 326 g/mol. The Labute approximate surface area is 146 Å². The smallest absolute Gasteiger partial charge is 0.419 e. The van der Waals surface area contributed by atoms with Gasteiger partial charge in [0.1, 0.15) is 11.3 Å². The monoisotopic (exact) mass is 349 g/mol. The lowest BCUT2D eigenvalue weighted by Gasteiger charge is -2.20.